The number of nitrogens with one attached hydrogen (secondary N) is 1. The number of hydrogen-bond donors (Lipinski definition) is 1. The van der Waals surface area contributed by atoms with Gasteiger partial charge in [-0.15, -0.1) is 5.10 Å². The van der Waals surface area contributed by atoms with Gasteiger partial charge >= 0.3 is 0 Å². The molecule has 0 unspecified atom stereocenters. The Morgan fingerprint density at radius 3 is 2.71 bits per heavy atom. The molecule has 0 bridgehead atoms. The van der Waals surface area contributed by atoms with Gasteiger partial charge in [0.25, 0.3) is 5.56 Å². The number of aromatic nitrogens is 4. The lowest BCUT2D eigenvalue weighted by Crippen LogP contribution is -2.34. The third-order valence-electron chi connectivity index (χ3n) is 5.47. The molecule has 28 heavy (non-hydrogen) atoms. The van der Waals surface area contributed by atoms with Gasteiger partial charge in [-0.25, -0.2) is 4.68 Å². The van der Waals surface area contributed by atoms with E-state index in [0.717, 1.165) is 31.2 Å². The molecule has 1 fully saturated rings. The largest absolute Gasteiger partial charge is 0.352 e. The first kappa shape index (κ1) is 18.3. The summed E-state index contributed by atoms with van der Waals surface area (Å²) < 4.78 is 1.47. The molecule has 1 aromatic carbocycles. The number of carbonyl (C=O) groups is 1. The van der Waals surface area contributed by atoms with E-state index in [1.54, 1.807) is 24.5 Å². The smallest absolute Gasteiger partial charge is 0.277 e. The van der Waals surface area contributed by atoms with Crippen LogP contribution in [0.25, 0.3) is 10.9 Å². The SMILES string of the molecule is O=C(NCc1cccnc1)C1CCC(Cn2nnc3ccccc3c2=O)CC1. The molecule has 1 aliphatic carbocycles. The Balaban J connectivity index is 1.31. The number of pyridine rings is 1. The third-order valence-corrected chi connectivity index (χ3v) is 5.47. The molecule has 0 atom stereocenters. The number of amides is 1. The van der Waals surface area contributed by atoms with E-state index in [1.165, 1.54) is 4.68 Å². The van der Waals surface area contributed by atoms with Crippen molar-refractivity contribution in [2.45, 2.75) is 38.8 Å². The van der Waals surface area contributed by atoms with E-state index in [4.69, 9.17) is 0 Å². The Hall–Kier alpha value is -3.09. The zero-order chi connectivity index (χ0) is 19.3. The standard InChI is InChI=1S/C21H23N5O2/c27-20(23-13-16-4-3-11-22-12-16)17-9-7-15(8-10-17)14-26-21(28)18-5-1-2-6-19(18)24-25-26/h1-6,11-12,15,17H,7-10,13-14H2,(H,23,27). The quantitative estimate of drug-likeness (QED) is 0.737. The fourth-order valence-electron chi connectivity index (χ4n) is 3.83. The van der Waals surface area contributed by atoms with Gasteiger partial charge in [0, 0.05) is 31.4 Å². The summed E-state index contributed by atoms with van der Waals surface area (Å²) in [4.78, 5) is 29.1. The summed E-state index contributed by atoms with van der Waals surface area (Å²) in [6.07, 6.45) is 6.97. The van der Waals surface area contributed by atoms with E-state index >= 15 is 0 Å². The fraction of sp³-hybridized carbons (Fsp3) is 0.381. The van der Waals surface area contributed by atoms with Crippen LogP contribution < -0.4 is 10.9 Å². The van der Waals surface area contributed by atoms with E-state index in [9.17, 15) is 9.59 Å². The van der Waals surface area contributed by atoms with Crippen LogP contribution in [0, 0.1) is 11.8 Å². The second-order valence-corrected chi connectivity index (χ2v) is 7.39. The minimum atomic E-state index is -0.0954. The molecule has 7 heteroatoms. The van der Waals surface area contributed by atoms with Crippen LogP contribution in [-0.4, -0.2) is 25.9 Å². The first-order valence-corrected chi connectivity index (χ1v) is 9.70. The van der Waals surface area contributed by atoms with Gasteiger partial charge < -0.3 is 5.32 Å². The van der Waals surface area contributed by atoms with Crippen LogP contribution >= 0.6 is 0 Å². The first-order chi connectivity index (χ1) is 13.7. The Labute approximate surface area is 162 Å². The average Bonchev–Trinajstić information content (AvgIpc) is 2.75. The Bertz CT molecular complexity index is 1010. The van der Waals surface area contributed by atoms with E-state index in [1.807, 2.05) is 24.3 Å². The maximum atomic E-state index is 12.6. The summed E-state index contributed by atoms with van der Waals surface area (Å²) in [7, 11) is 0. The van der Waals surface area contributed by atoms with Gasteiger partial charge in [0.15, 0.2) is 0 Å². The van der Waals surface area contributed by atoms with Crippen LogP contribution in [0.2, 0.25) is 0 Å². The number of rotatable bonds is 5. The van der Waals surface area contributed by atoms with Crippen molar-refractivity contribution in [2.75, 3.05) is 0 Å². The zero-order valence-corrected chi connectivity index (χ0v) is 15.6. The van der Waals surface area contributed by atoms with Crippen molar-refractivity contribution < 1.29 is 4.79 Å². The van der Waals surface area contributed by atoms with Gasteiger partial charge in [0.2, 0.25) is 5.91 Å². The van der Waals surface area contributed by atoms with Crippen molar-refractivity contribution in [1.29, 1.82) is 0 Å². The highest BCUT2D eigenvalue weighted by Crippen LogP contribution is 2.29. The predicted octanol–water partition coefficient (Wildman–Crippen LogP) is 2.31. The molecular weight excluding hydrogens is 354 g/mol. The maximum absolute atomic E-state index is 12.6. The van der Waals surface area contributed by atoms with E-state index in [-0.39, 0.29) is 17.4 Å². The van der Waals surface area contributed by atoms with Crippen molar-refractivity contribution in [1.82, 2.24) is 25.3 Å². The van der Waals surface area contributed by atoms with E-state index in [2.05, 4.69) is 20.6 Å². The van der Waals surface area contributed by atoms with E-state index in [0.29, 0.717) is 29.9 Å². The van der Waals surface area contributed by atoms with Crippen LogP contribution in [0.4, 0.5) is 0 Å². The van der Waals surface area contributed by atoms with Crippen molar-refractivity contribution in [3.8, 4) is 0 Å². The van der Waals surface area contributed by atoms with Crippen LogP contribution in [0.15, 0.2) is 53.6 Å². The number of nitrogens with zero attached hydrogens (tertiary/aromatic N) is 4. The van der Waals surface area contributed by atoms with Gasteiger partial charge in [0.1, 0.15) is 5.52 Å². The lowest BCUT2D eigenvalue weighted by molar-refractivity contribution is -0.126. The first-order valence-electron chi connectivity index (χ1n) is 9.70. The summed E-state index contributed by atoms with van der Waals surface area (Å²) in [5, 5.41) is 11.8. The van der Waals surface area contributed by atoms with Gasteiger partial charge in [-0.05, 0) is 55.4 Å². The predicted molar refractivity (Wildman–Crippen MR) is 105 cm³/mol. The number of benzene rings is 1. The highest BCUT2D eigenvalue weighted by molar-refractivity contribution is 5.78. The molecule has 2 aromatic heterocycles. The van der Waals surface area contributed by atoms with Crippen molar-refractivity contribution >= 4 is 16.8 Å². The molecule has 2 heterocycles. The van der Waals surface area contributed by atoms with Gasteiger partial charge in [0.05, 0.1) is 5.39 Å². The lowest BCUT2D eigenvalue weighted by Gasteiger charge is -2.27. The molecule has 1 N–H and O–H groups in total. The third kappa shape index (κ3) is 4.08. The van der Waals surface area contributed by atoms with Crippen LogP contribution in [0.1, 0.15) is 31.2 Å². The molecule has 3 aromatic rings. The summed E-state index contributed by atoms with van der Waals surface area (Å²) in [5.41, 5.74) is 1.53. The van der Waals surface area contributed by atoms with Crippen molar-refractivity contribution in [3.05, 3.63) is 64.7 Å². The number of fused-ring (bicyclic) bond motifs is 1. The lowest BCUT2D eigenvalue weighted by atomic mass is 9.81. The second kappa shape index (κ2) is 8.29. The minimum Gasteiger partial charge on any atom is -0.352 e. The van der Waals surface area contributed by atoms with Crippen LogP contribution in [0.3, 0.4) is 0 Å². The molecule has 0 saturated heterocycles. The molecule has 1 aliphatic rings. The normalized spacial score (nSPS) is 19.4. The summed E-state index contributed by atoms with van der Waals surface area (Å²) in [6, 6.07) is 11.1. The van der Waals surface area contributed by atoms with Crippen molar-refractivity contribution in [2.24, 2.45) is 11.8 Å². The fourth-order valence-corrected chi connectivity index (χ4v) is 3.83. The Kier molecular flexibility index (Phi) is 5.41. The summed E-state index contributed by atoms with van der Waals surface area (Å²) in [6.45, 7) is 1.06. The molecule has 1 amide bonds. The molecule has 0 radical (unpaired) electrons. The monoisotopic (exact) mass is 377 g/mol. The van der Waals surface area contributed by atoms with Crippen molar-refractivity contribution in [3.63, 3.8) is 0 Å². The Morgan fingerprint density at radius 2 is 1.93 bits per heavy atom. The van der Waals surface area contributed by atoms with Gasteiger partial charge in [-0.1, -0.05) is 23.4 Å². The number of hydrogen-bond acceptors (Lipinski definition) is 5. The van der Waals surface area contributed by atoms with Gasteiger partial charge in [-0.2, -0.15) is 0 Å². The average molecular weight is 377 g/mol. The molecule has 1 saturated carbocycles. The van der Waals surface area contributed by atoms with Crippen LogP contribution in [-0.2, 0) is 17.9 Å². The summed E-state index contributed by atoms with van der Waals surface area (Å²) in [5.74, 6) is 0.479. The highest BCUT2D eigenvalue weighted by atomic mass is 16.2. The van der Waals surface area contributed by atoms with Gasteiger partial charge in [-0.3, -0.25) is 14.6 Å². The van der Waals surface area contributed by atoms with Crippen LogP contribution in [0.5, 0.6) is 0 Å². The topological polar surface area (TPSA) is 89.8 Å². The zero-order valence-electron chi connectivity index (χ0n) is 15.6. The maximum Gasteiger partial charge on any atom is 0.277 e. The molecule has 0 aliphatic heterocycles. The molecule has 7 nitrogen and oxygen atoms in total. The Morgan fingerprint density at radius 1 is 1.11 bits per heavy atom. The summed E-state index contributed by atoms with van der Waals surface area (Å²) >= 11 is 0. The molecular formula is C21H23N5O2. The van der Waals surface area contributed by atoms with E-state index < -0.39 is 0 Å². The number of carbonyl (C=O) groups excluding carboxylic acids is 1. The molecule has 144 valence electrons. The molecule has 0 spiro atoms. The minimum absolute atomic E-state index is 0.0346. The highest BCUT2D eigenvalue weighted by Gasteiger charge is 2.27. The second-order valence-electron chi connectivity index (χ2n) is 7.39. The molecule has 4 rings (SSSR count).